The van der Waals surface area contributed by atoms with Gasteiger partial charge >= 0.3 is 0 Å². The molecule has 1 aliphatic rings. The summed E-state index contributed by atoms with van der Waals surface area (Å²) in [6, 6.07) is 14.1. The number of hydrogen-bond acceptors (Lipinski definition) is 6. The maximum Gasteiger partial charge on any atom is 0.257 e. The third kappa shape index (κ3) is 5.92. The number of carbonyl (C=O) groups is 2. The number of ether oxygens (including phenoxy) is 1. The Hall–Kier alpha value is -3.33. The molecule has 9 heteroatoms. The highest BCUT2D eigenvalue weighted by Crippen LogP contribution is 2.23. The van der Waals surface area contributed by atoms with Gasteiger partial charge in [-0.2, -0.15) is 0 Å². The summed E-state index contributed by atoms with van der Waals surface area (Å²) in [6.07, 6.45) is 4.33. The van der Waals surface area contributed by atoms with E-state index in [4.69, 9.17) is 4.74 Å². The Morgan fingerprint density at radius 3 is 2.67 bits per heavy atom. The first-order valence-electron chi connectivity index (χ1n) is 11.1. The molecule has 2 aromatic carbocycles. The van der Waals surface area contributed by atoms with Crippen molar-refractivity contribution in [2.24, 2.45) is 0 Å². The maximum absolute atomic E-state index is 12.8. The van der Waals surface area contributed by atoms with Crippen LogP contribution in [0.15, 0.2) is 53.7 Å². The number of carbonyl (C=O) groups excluding carboxylic acids is 2. The molecule has 4 rings (SSSR count). The Kier molecular flexibility index (Phi) is 7.62. The molecule has 0 saturated heterocycles. The van der Waals surface area contributed by atoms with Crippen LogP contribution in [0.25, 0.3) is 0 Å². The number of amides is 2. The smallest absolute Gasteiger partial charge is 0.257 e. The van der Waals surface area contributed by atoms with E-state index in [2.05, 4.69) is 25.4 Å². The number of anilines is 2. The molecule has 0 aliphatic carbocycles. The number of benzene rings is 2. The van der Waals surface area contributed by atoms with Crippen LogP contribution in [0.3, 0.4) is 0 Å². The number of fused-ring (bicyclic) bond motifs is 1. The molecular formula is C24H27N5O3S. The van der Waals surface area contributed by atoms with Crippen LogP contribution in [0.4, 0.5) is 11.4 Å². The van der Waals surface area contributed by atoms with E-state index in [-0.39, 0.29) is 17.6 Å². The van der Waals surface area contributed by atoms with Crippen LogP contribution in [0.2, 0.25) is 0 Å². The van der Waals surface area contributed by atoms with Crippen molar-refractivity contribution in [2.75, 3.05) is 23.0 Å². The first-order chi connectivity index (χ1) is 16.1. The van der Waals surface area contributed by atoms with Gasteiger partial charge in [-0.1, -0.05) is 30.3 Å². The van der Waals surface area contributed by atoms with Crippen molar-refractivity contribution in [1.29, 1.82) is 0 Å². The Balaban J connectivity index is 1.37. The lowest BCUT2D eigenvalue weighted by Crippen LogP contribution is -2.19. The van der Waals surface area contributed by atoms with Crippen molar-refractivity contribution in [3.05, 3.63) is 59.9 Å². The summed E-state index contributed by atoms with van der Waals surface area (Å²) in [6.45, 7) is 3.39. The molecule has 1 aliphatic heterocycles. The summed E-state index contributed by atoms with van der Waals surface area (Å²) in [4.78, 5) is 25.5. The predicted molar refractivity (Wildman–Crippen MR) is 129 cm³/mol. The van der Waals surface area contributed by atoms with Gasteiger partial charge in [0.25, 0.3) is 5.91 Å². The van der Waals surface area contributed by atoms with Gasteiger partial charge in [0.15, 0.2) is 5.16 Å². The summed E-state index contributed by atoms with van der Waals surface area (Å²) in [5.41, 5.74) is 1.50. The lowest BCUT2D eigenvalue weighted by molar-refractivity contribution is -0.113. The molecule has 0 spiro atoms. The van der Waals surface area contributed by atoms with Crippen molar-refractivity contribution in [1.82, 2.24) is 14.8 Å². The van der Waals surface area contributed by atoms with Crippen molar-refractivity contribution < 1.29 is 14.3 Å². The van der Waals surface area contributed by atoms with E-state index >= 15 is 0 Å². The molecule has 0 fully saturated rings. The standard InChI is InChI=1S/C24H27N5O3S/c1-2-32-18-13-11-17(12-14-18)25-23(31)19-8-5-6-9-20(19)26-22(30)16-33-24-28-27-21-10-4-3-7-15-29(21)24/h5-6,8-9,11-14H,2-4,7,10,15-16H2,1H3,(H,25,31)(H,26,30). The average Bonchev–Trinajstić information content (AvgIpc) is 3.05. The van der Waals surface area contributed by atoms with E-state index in [1.54, 1.807) is 48.5 Å². The second-order valence-corrected chi connectivity index (χ2v) is 8.60. The number of hydrogen-bond donors (Lipinski definition) is 2. The van der Waals surface area contributed by atoms with E-state index in [1.807, 2.05) is 6.92 Å². The quantitative estimate of drug-likeness (QED) is 0.479. The molecule has 3 aromatic rings. The van der Waals surface area contributed by atoms with Gasteiger partial charge in [0.1, 0.15) is 11.6 Å². The largest absolute Gasteiger partial charge is 0.494 e. The van der Waals surface area contributed by atoms with Crippen LogP contribution in [0, 0.1) is 0 Å². The molecule has 2 heterocycles. The van der Waals surface area contributed by atoms with Crippen LogP contribution in [0.1, 0.15) is 42.4 Å². The molecule has 2 amide bonds. The van der Waals surface area contributed by atoms with Crippen molar-refractivity contribution in [2.45, 2.75) is 44.3 Å². The number of nitrogens with zero attached hydrogens (tertiary/aromatic N) is 3. The Morgan fingerprint density at radius 1 is 1.03 bits per heavy atom. The van der Waals surface area contributed by atoms with Gasteiger partial charge < -0.3 is 19.9 Å². The van der Waals surface area contributed by atoms with E-state index < -0.39 is 0 Å². The van der Waals surface area contributed by atoms with Crippen molar-refractivity contribution in [3.63, 3.8) is 0 Å². The van der Waals surface area contributed by atoms with Crippen LogP contribution >= 0.6 is 11.8 Å². The summed E-state index contributed by atoms with van der Waals surface area (Å²) in [5.74, 6) is 1.42. The van der Waals surface area contributed by atoms with Crippen molar-refractivity contribution in [3.8, 4) is 5.75 Å². The van der Waals surface area contributed by atoms with Gasteiger partial charge in [0.05, 0.1) is 23.6 Å². The summed E-state index contributed by atoms with van der Waals surface area (Å²) in [5, 5.41) is 15.0. The van der Waals surface area contributed by atoms with E-state index in [9.17, 15) is 9.59 Å². The Bertz CT molecular complexity index is 1110. The minimum Gasteiger partial charge on any atom is -0.494 e. The summed E-state index contributed by atoms with van der Waals surface area (Å²) >= 11 is 1.37. The van der Waals surface area contributed by atoms with E-state index in [0.29, 0.717) is 23.5 Å². The van der Waals surface area contributed by atoms with E-state index in [0.717, 1.165) is 42.5 Å². The Labute approximate surface area is 197 Å². The molecular weight excluding hydrogens is 438 g/mol. The van der Waals surface area contributed by atoms with Gasteiger partial charge in [0.2, 0.25) is 5.91 Å². The SMILES string of the molecule is CCOc1ccc(NC(=O)c2ccccc2NC(=O)CSc2nnc3n2CCCCC3)cc1. The topological polar surface area (TPSA) is 98.1 Å². The third-order valence-corrected chi connectivity index (χ3v) is 6.24. The van der Waals surface area contributed by atoms with Gasteiger partial charge in [-0.3, -0.25) is 9.59 Å². The van der Waals surface area contributed by atoms with Gasteiger partial charge in [-0.25, -0.2) is 0 Å². The normalized spacial score (nSPS) is 13.0. The monoisotopic (exact) mass is 465 g/mol. The molecule has 33 heavy (non-hydrogen) atoms. The molecule has 0 unspecified atom stereocenters. The summed E-state index contributed by atoms with van der Waals surface area (Å²) in [7, 11) is 0. The fourth-order valence-electron chi connectivity index (χ4n) is 3.67. The Morgan fingerprint density at radius 2 is 1.85 bits per heavy atom. The number of aromatic nitrogens is 3. The number of aryl methyl sites for hydroxylation is 1. The number of para-hydroxylation sites is 1. The maximum atomic E-state index is 12.8. The third-order valence-electron chi connectivity index (χ3n) is 5.28. The highest BCUT2D eigenvalue weighted by Gasteiger charge is 2.17. The zero-order valence-corrected chi connectivity index (χ0v) is 19.4. The number of nitrogens with one attached hydrogen (secondary N) is 2. The fourth-order valence-corrected chi connectivity index (χ4v) is 4.45. The van der Waals surface area contributed by atoms with Crippen LogP contribution < -0.4 is 15.4 Å². The van der Waals surface area contributed by atoms with Gasteiger partial charge in [-0.15, -0.1) is 10.2 Å². The van der Waals surface area contributed by atoms with Crippen LogP contribution in [-0.4, -0.2) is 38.9 Å². The highest BCUT2D eigenvalue weighted by atomic mass is 32.2. The molecule has 0 bridgehead atoms. The van der Waals surface area contributed by atoms with Crippen molar-refractivity contribution >= 4 is 35.0 Å². The van der Waals surface area contributed by atoms with Gasteiger partial charge in [-0.05, 0) is 56.2 Å². The number of thioether (sulfide) groups is 1. The first-order valence-corrected chi connectivity index (χ1v) is 12.1. The second kappa shape index (κ2) is 11.0. The minimum atomic E-state index is -0.300. The fraction of sp³-hybridized carbons (Fsp3) is 0.333. The average molecular weight is 466 g/mol. The van der Waals surface area contributed by atoms with Crippen LogP contribution in [0.5, 0.6) is 5.75 Å². The lowest BCUT2D eigenvalue weighted by atomic mass is 10.1. The van der Waals surface area contributed by atoms with Gasteiger partial charge in [0, 0.05) is 18.7 Å². The molecule has 0 atom stereocenters. The molecule has 8 nitrogen and oxygen atoms in total. The molecule has 1 aromatic heterocycles. The second-order valence-electron chi connectivity index (χ2n) is 7.66. The lowest BCUT2D eigenvalue weighted by Gasteiger charge is -2.12. The first kappa shape index (κ1) is 22.8. The molecule has 2 N–H and O–H groups in total. The minimum absolute atomic E-state index is 0.187. The molecule has 0 saturated carbocycles. The molecule has 0 radical (unpaired) electrons. The highest BCUT2D eigenvalue weighted by molar-refractivity contribution is 7.99. The summed E-state index contributed by atoms with van der Waals surface area (Å²) < 4.78 is 7.54. The van der Waals surface area contributed by atoms with E-state index in [1.165, 1.54) is 18.2 Å². The predicted octanol–water partition coefficient (Wildman–Crippen LogP) is 4.39. The zero-order valence-electron chi connectivity index (χ0n) is 18.5. The number of rotatable bonds is 8. The molecule has 172 valence electrons. The van der Waals surface area contributed by atoms with Crippen LogP contribution in [-0.2, 0) is 17.8 Å². The zero-order chi connectivity index (χ0) is 23.0.